The van der Waals surface area contributed by atoms with Gasteiger partial charge in [0.1, 0.15) is 24.5 Å². The van der Waals surface area contributed by atoms with Crippen LogP contribution in [0.2, 0.25) is 0 Å². The van der Waals surface area contributed by atoms with Gasteiger partial charge in [0.15, 0.2) is 5.60 Å². The second kappa shape index (κ2) is 23.1. The van der Waals surface area contributed by atoms with Gasteiger partial charge in [0.25, 0.3) is 17.4 Å². The number of carboxylic acids is 1. The molecule has 4 atom stereocenters. The zero-order valence-corrected chi connectivity index (χ0v) is 42.0. The summed E-state index contributed by atoms with van der Waals surface area (Å²) in [6.07, 6.45) is 3.41. The highest BCUT2D eigenvalue weighted by Gasteiger charge is 2.44. The molecule has 0 saturated carbocycles. The molecule has 5 heterocycles. The number of halogens is 1. The number of carbonyl (C=O) groups excluding carboxylic acids is 9. The van der Waals surface area contributed by atoms with Crippen molar-refractivity contribution in [2.45, 2.75) is 109 Å². The number of aryl methyl sites for hydroxylation is 1. The van der Waals surface area contributed by atoms with Crippen molar-refractivity contribution in [2.24, 2.45) is 0 Å². The molecule has 0 unspecified atom stereocenters. The number of carbonyl (C=O) groups is 10. The first kappa shape index (κ1) is 54.6. The molecule has 0 radical (unpaired) electrons. The summed E-state index contributed by atoms with van der Waals surface area (Å²) in [5.74, 6) is -7.92. The van der Waals surface area contributed by atoms with Gasteiger partial charge in [0.05, 0.1) is 54.7 Å². The lowest BCUT2D eigenvalue weighted by Crippen LogP contribution is -2.53. The minimum absolute atomic E-state index is 0.00721. The van der Waals surface area contributed by atoms with Crippen LogP contribution < -0.4 is 37.5 Å². The molecule has 1 aliphatic carbocycles. The first-order chi connectivity index (χ1) is 36.7. The number of esters is 1. The monoisotopic (exact) mass is 1060 g/mol. The Balaban J connectivity index is 0.870. The number of aromatic nitrogens is 2. The zero-order chi connectivity index (χ0) is 55.3. The number of aliphatic carboxylic acids is 1. The van der Waals surface area contributed by atoms with E-state index in [0.29, 0.717) is 71.0 Å². The highest BCUT2D eigenvalue weighted by atomic mass is 19.1. The number of unbranched alkanes of at least 4 members (excludes halogenated alkanes) is 2. The Labute approximate surface area is 438 Å². The van der Waals surface area contributed by atoms with Crippen molar-refractivity contribution >= 4 is 70.1 Å². The summed E-state index contributed by atoms with van der Waals surface area (Å²) in [5.41, 5.74) is 1.30. The number of ether oxygens (including phenoxy) is 1. The summed E-state index contributed by atoms with van der Waals surface area (Å²) in [6.45, 7) is 0.854. The first-order valence-corrected chi connectivity index (χ1v) is 25.0. The van der Waals surface area contributed by atoms with Crippen LogP contribution in [0.5, 0.6) is 0 Å². The van der Waals surface area contributed by atoms with Gasteiger partial charge in [-0.05, 0) is 74.3 Å². The Morgan fingerprint density at radius 2 is 1.49 bits per heavy atom. The molecule has 4 aromatic rings. The predicted octanol–water partition coefficient (Wildman–Crippen LogP) is 0.152. The van der Waals surface area contributed by atoms with Crippen LogP contribution in [0.15, 0.2) is 59.4 Å². The Morgan fingerprint density at radius 1 is 0.818 bits per heavy atom. The molecule has 0 spiro atoms. The third-order valence-electron chi connectivity index (χ3n) is 14.1. The molecular formula is C53H56FN9O14. The molecule has 24 heteroatoms. The molecule has 2 aromatic carbocycles. The number of nitrogens with one attached hydrogen (secondary N) is 6. The van der Waals surface area contributed by atoms with Crippen LogP contribution >= 0.6 is 0 Å². The van der Waals surface area contributed by atoms with E-state index in [1.165, 1.54) is 35.8 Å². The van der Waals surface area contributed by atoms with Crippen LogP contribution in [0, 0.1) is 12.7 Å². The van der Waals surface area contributed by atoms with E-state index in [9.17, 15) is 63.0 Å². The van der Waals surface area contributed by atoms with Crippen molar-refractivity contribution in [3.8, 4) is 11.4 Å². The maximum absolute atomic E-state index is 15.4. The van der Waals surface area contributed by atoms with E-state index in [1.807, 2.05) is 0 Å². The average molecular weight is 1060 g/mol. The second-order valence-corrected chi connectivity index (χ2v) is 19.4. The van der Waals surface area contributed by atoms with Gasteiger partial charge in [-0.25, -0.2) is 14.2 Å². The van der Waals surface area contributed by atoms with Crippen LogP contribution in [0.3, 0.4) is 0 Å². The zero-order valence-electron chi connectivity index (χ0n) is 42.0. The van der Waals surface area contributed by atoms with Gasteiger partial charge in [-0.3, -0.25) is 52.8 Å². The number of rotatable bonds is 22. The molecule has 0 saturated heterocycles. The van der Waals surface area contributed by atoms with Gasteiger partial charge in [0.2, 0.25) is 35.4 Å². The van der Waals surface area contributed by atoms with E-state index in [-0.39, 0.29) is 61.3 Å². The summed E-state index contributed by atoms with van der Waals surface area (Å²) < 4.78 is 22.0. The number of imide groups is 1. The number of aliphatic hydroxyl groups is 1. The van der Waals surface area contributed by atoms with Crippen LogP contribution in [0.4, 0.5) is 4.39 Å². The number of carboxylic acid groups (broad SMARTS) is 1. The van der Waals surface area contributed by atoms with Gasteiger partial charge < -0.3 is 51.4 Å². The number of hydrogen-bond donors (Lipinski definition) is 8. The number of cyclic esters (lactones) is 1. The number of nitrogens with zero attached hydrogens (tertiary/aromatic N) is 3. The van der Waals surface area contributed by atoms with E-state index < -0.39 is 120 Å². The Hall–Kier alpha value is -8.67. The predicted molar refractivity (Wildman–Crippen MR) is 268 cm³/mol. The molecule has 8 rings (SSSR count). The minimum atomic E-state index is -2.12. The molecule has 404 valence electrons. The summed E-state index contributed by atoms with van der Waals surface area (Å²) in [4.78, 5) is 147. The smallest absolute Gasteiger partial charge is 0.342 e. The molecule has 4 aliphatic rings. The van der Waals surface area contributed by atoms with Crippen LogP contribution in [0.25, 0.3) is 22.3 Å². The highest BCUT2D eigenvalue weighted by Crippen LogP contribution is 2.45. The molecule has 0 fully saturated rings. The van der Waals surface area contributed by atoms with Crippen molar-refractivity contribution in [1.82, 2.24) is 46.4 Å². The van der Waals surface area contributed by atoms with Crippen molar-refractivity contribution < 1.29 is 67.3 Å². The molecule has 77 heavy (non-hydrogen) atoms. The van der Waals surface area contributed by atoms with Crippen molar-refractivity contribution in [3.05, 3.63) is 110 Å². The average Bonchev–Trinajstić information content (AvgIpc) is 4.18. The van der Waals surface area contributed by atoms with Crippen molar-refractivity contribution in [1.29, 1.82) is 0 Å². The van der Waals surface area contributed by atoms with Crippen molar-refractivity contribution in [2.75, 3.05) is 26.2 Å². The lowest BCUT2D eigenvalue weighted by atomic mass is 9.81. The minimum Gasteiger partial charge on any atom is -0.481 e. The number of hydrogen-bond acceptors (Lipinski definition) is 14. The van der Waals surface area contributed by atoms with Gasteiger partial charge in [-0.1, -0.05) is 36.8 Å². The quantitative estimate of drug-likeness (QED) is 0.0260. The lowest BCUT2D eigenvalue weighted by Gasteiger charge is -2.30. The molecule has 8 amide bonds. The summed E-state index contributed by atoms with van der Waals surface area (Å²) in [7, 11) is 0. The Kier molecular flexibility index (Phi) is 16.4. The fourth-order valence-corrected chi connectivity index (χ4v) is 10.0. The molecule has 0 bridgehead atoms. The maximum atomic E-state index is 15.4. The molecular weight excluding hydrogens is 1010 g/mol. The summed E-state index contributed by atoms with van der Waals surface area (Å²) >= 11 is 0. The number of amides is 8. The lowest BCUT2D eigenvalue weighted by molar-refractivity contribution is -0.169. The SMILES string of the molecule is Cc1c(F)cc2nc3c(c4c2c1CC[C@@H]4NC(=O)CNC(=O)[C@H](Cc1ccccc1)NC(=O)CNC(=O)CNC(=O)[C@H](CCC(=O)O)NC(=O)CCCCCN1C(=O)C=CC1=O)Cn1c-3cc2c(c1=O)COC(=O)[C@@]2(C)O. The summed E-state index contributed by atoms with van der Waals surface area (Å²) in [6, 6.07) is 8.17. The molecule has 2 aromatic heterocycles. The third-order valence-corrected chi connectivity index (χ3v) is 14.1. The van der Waals surface area contributed by atoms with Gasteiger partial charge in [-0.15, -0.1) is 0 Å². The van der Waals surface area contributed by atoms with Crippen molar-refractivity contribution in [3.63, 3.8) is 0 Å². The van der Waals surface area contributed by atoms with E-state index in [2.05, 4.69) is 31.9 Å². The van der Waals surface area contributed by atoms with E-state index in [0.717, 1.165) is 4.90 Å². The number of benzene rings is 2. The largest absolute Gasteiger partial charge is 0.481 e. The van der Waals surface area contributed by atoms with E-state index in [4.69, 9.17) is 9.72 Å². The van der Waals surface area contributed by atoms with E-state index in [1.54, 1.807) is 37.3 Å². The van der Waals surface area contributed by atoms with Gasteiger partial charge in [0, 0.05) is 60.5 Å². The van der Waals surface area contributed by atoms with Gasteiger partial charge in [-0.2, -0.15) is 0 Å². The fourth-order valence-electron chi connectivity index (χ4n) is 10.0. The summed E-state index contributed by atoms with van der Waals surface area (Å²) in [5, 5.41) is 36.2. The normalized spacial score (nSPS) is 17.6. The fraction of sp³-hybridized carbons (Fsp3) is 0.396. The second-order valence-electron chi connectivity index (χ2n) is 19.4. The van der Waals surface area contributed by atoms with Crippen LogP contribution in [-0.4, -0.2) is 122 Å². The molecule has 3 aliphatic heterocycles. The van der Waals surface area contributed by atoms with Crippen LogP contribution in [0.1, 0.15) is 96.9 Å². The number of pyridine rings is 2. The van der Waals surface area contributed by atoms with Gasteiger partial charge >= 0.3 is 11.9 Å². The maximum Gasteiger partial charge on any atom is 0.342 e. The number of fused-ring (bicyclic) bond motifs is 5. The first-order valence-electron chi connectivity index (χ1n) is 25.0. The van der Waals surface area contributed by atoms with Crippen LogP contribution in [-0.2, 0) is 84.3 Å². The molecule has 8 N–H and O–H groups in total. The Morgan fingerprint density at radius 3 is 2.21 bits per heavy atom. The van der Waals surface area contributed by atoms with E-state index >= 15 is 4.39 Å². The topological polar surface area (TPSA) is 331 Å². The third kappa shape index (κ3) is 12.1. The highest BCUT2D eigenvalue weighted by molar-refractivity contribution is 6.12. The standard InChI is InChI=1S/C53H56FN9O14/c1-27-29-12-13-34(47-30-25-63-38(48(30)61-36(46(29)47)21-33(27)54)20-32-31(51(63)74)26-77-52(75)53(32,2)76)58-42(67)24-57-50(73)37(19-28-9-5-3-6-10-28)60-41(66)23-55-40(65)22-56-49(72)35(14-17-45(70)71)59-39(64)11-7-4-8-18-62-43(68)15-16-44(62)69/h3,5-6,9-10,15-16,20-21,34-35,37,76H,4,7-8,11-14,17-19,22-26H2,1-2H3,(H,55,65)(H,56,72)(H,57,73)(H,58,67)(H,59,64)(H,60,66)(H,70,71)/t34-,35-,37-,53-/m0/s1. The Bertz CT molecular complexity index is 3210. The molecule has 23 nitrogen and oxygen atoms in total.